The normalized spacial score (nSPS) is 14.6. The van der Waals surface area contributed by atoms with Crippen molar-refractivity contribution in [3.63, 3.8) is 0 Å². The van der Waals surface area contributed by atoms with Gasteiger partial charge in [0.1, 0.15) is 11.5 Å². The first-order chi connectivity index (χ1) is 12.0. The van der Waals surface area contributed by atoms with E-state index >= 15 is 0 Å². The highest BCUT2D eigenvalue weighted by atomic mass is 32.1. The van der Waals surface area contributed by atoms with Crippen molar-refractivity contribution in [2.24, 2.45) is 0 Å². The number of benzene rings is 1. The maximum atomic E-state index is 11.6. The zero-order chi connectivity index (χ0) is 18.0. The van der Waals surface area contributed by atoms with Crippen molar-refractivity contribution in [1.29, 1.82) is 0 Å². The van der Waals surface area contributed by atoms with Gasteiger partial charge in [0.25, 0.3) is 5.56 Å². The van der Waals surface area contributed by atoms with Crippen molar-refractivity contribution in [1.82, 2.24) is 9.55 Å². The van der Waals surface area contributed by atoms with Crippen LogP contribution in [0, 0.1) is 4.77 Å². The molecule has 1 fully saturated rings. The van der Waals surface area contributed by atoms with Gasteiger partial charge in [0.2, 0.25) is 0 Å². The number of methoxy groups -OCH3 is 1. The molecule has 1 heterocycles. The van der Waals surface area contributed by atoms with Gasteiger partial charge in [-0.1, -0.05) is 6.07 Å². The van der Waals surface area contributed by atoms with Crippen molar-refractivity contribution in [2.45, 2.75) is 38.3 Å². The minimum Gasteiger partial charge on any atom is -0.493 e. The Morgan fingerprint density at radius 1 is 1.28 bits per heavy atom. The fourth-order valence-corrected chi connectivity index (χ4v) is 3.30. The van der Waals surface area contributed by atoms with E-state index < -0.39 is 5.56 Å². The molecule has 0 saturated heterocycles. The van der Waals surface area contributed by atoms with Crippen LogP contribution >= 0.6 is 12.2 Å². The predicted octanol–water partition coefficient (Wildman–Crippen LogP) is 2.45. The molecule has 0 atom stereocenters. The van der Waals surface area contributed by atoms with Crippen molar-refractivity contribution < 1.29 is 9.47 Å². The number of nitrogen functional groups attached to an aromatic ring is 2. The third-order valence-electron chi connectivity index (χ3n) is 4.44. The summed E-state index contributed by atoms with van der Waals surface area (Å²) in [7, 11) is 1.62. The summed E-state index contributed by atoms with van der Waals surface area (Å²) in [5.41, 5.74) is 12.1. The van der Waals surface area contributed by atoms with E-state index in [1.165, 1.54) is 12.8 Å². The first kappa shape index (κ1) is 17.3. The maximum Gasteiger partial charge on any atom is 0.277 e. The second kappa shape index (κ2) is 7.18. The molecule has 134 valence electrons. The Balaban J connectivity index is 1.92. The lowest BCUT2D eigenvalue weighted by molar-refractivity contribution is 0.200. The molecule has 3 rings (SSSR count). The maximum absolute atomic E-state index is 11.6. The minimum absolute atomic E-state index is 0.0375. The molecule has 7 nitrogen and oxygen atoms in total. The quantitative estimate of drug-likeness (QED) is 0.705. The van der Waals surface area contributed by atoms with E-state index in [0.29, 0.717) is 18.0 Å². The number of aromatic amines is 1. The summed E-state index contributed by atoms with van der Waals surface area (Å²) in [6, 6.07) is 5.68. The SMILES string of the molecule is COc1ccc(Cn2c(N)c(N)c(=O)[nH]c2=S)cc1OC1CCCC1. The lowest BCUT2D eigenvalue weighted by Crippen LogP contribution is -2.22. The molecule has 0 spiro atoms. The Bertz CT molecular complexity index is 884. The molecule has 5 N–H and O–H groups in total. The number of hydrogen-bond acceptors (Lipinski definition) is 6. The van der Waals surface area contributed by atoms with Gasteiger partial charge in [0.15, 0.2) is 16.3 Å². The smallest absolute Gasteiger partial charge is 0.277 e. The molecule has 2 aromatic rings. The fourth-order valence-electron chi connectivity index (χ4n) is 3.04. The monoisotopic (exact) mass is 362 g/mol. The molecule has 1 aliphatic rings. The van der Waals surface area contributed by atoms with Crippen LogP contribution in [0.4, 0.5) is 11.5 Å². The van der Waals surface area contributed by atoms with Crippen LogP contribution < -0.4 is 26.5 Å². The highest BCUT2D eigenvalue weighted by Crippen LogP contribution is 2.32. The van der Waals surface area contributed by atoms with Gasteiger partial charge in [-0.2, -0.15) is 0 Å². The van der Waals surface area contributed by atoms with E-state index in [-0.39, 0.29) is 22.4 Å². The lowest BCUT2D eigenvalue weighted by Gasteiger charge is -2.18. The molecule has 1 saturated carbocycles. The third-order valence-corrected chi connectivity index (χ3v) is 4.76. The van der Waals surface area contributed by atoms with Crippen LogP contribution in [0.1, 0.15) is 31.2 Å². The topological polar surface area (TPSA) is 108 Å². The molecule has 0 radical (unpaired) electrons. The van der Waals surface area contributed by atoms with Gasteiger partial charge in [-0.05, 0) is 55.6 Å². The van der Waals surface area contributed by atoms with Gasteiger partial charge < -0.3 is 20.9 Å². The third kappa shape index (κ3) is 3.63. The summed E-state index contributed by atoms with van der Waals surface area (Å²) < 4.78 is 13.3. The molecule has 25 heavy (non-hydrogen) atoms. The lowest BCUT2D eigenvalue weighted by atomic mass is 10.2. The summed E-state index contributed by atoms with van der Waals surface area (Å²) >= 11 is 5.20. The molecule has 1 aliphatic carbocycles. The Hall–Kier alpha value is -2.48. The summed E-state index contributed by atoms with van der Waals surface area (Å²) in [5, 5.41) is 0. The molecule has 1 aromatic heterocycles. The van der Waals surface area contributed by atoms with Crippen LogP contribution in [-0.2, 0) is 6.54 Å². The molecule has 0 unspecified atom stereocenters. The van der Waals surface area contributed by atoms with Crippen LogP contribution in [0.3, 0.4) is 0 Å². The van der Waals surface area contributed by atoms with Crippen molar-refractivity contribution in [3.8, 4) is 11.5 Å². The van der Waals surface area contributed by atoms with Gasteiger partial charge >= 0.3 is 0 Å². The van der Waals surface area contributed by atoms with E-state index in [1.807, 2.05) is 18.2 Å². The predicted molar refractivity (Wildman–Crippen MR) is 99.7 cm³/mol. The standard InChI is InChI=1S/C17H22N4O3S/c1-23-12-7-6-10(8-13(12)24-11-4-2-3-5-11)9-21-15(19)14(18)16(22)20-17(21)25/h6-8,11H,2-5,9,18-19H2,1H3,(H,20,22,25). The first-order valence-electron chi connectivity index (χ1n) is 8.21. The highest BCUT2D eigenvalue weighted by Gasteiger charge is 2.19. The Labute approximate surface area is 150 Å². The highest BCUT2D eigenvalue weighted by molar-refractivity contribution is 7.71. The number of aromatic nitrogens is 2. The minimum atomic E-state index is -0.473. The number of H-pyrrole nitrogens is 1. The van der Waals surface area contributed by atoms with Gasteiger partial charge in [0, 0.05) is 0 Å². The average Bonchev–Trinajstić information content (AvgIpc) is 3.10. The number of anilines is 2. The largest absolute Gasteiger partial charge is 0.493 e. The van der Waals surface area contributed by atoms with Crippen LogP contribution in [0.15, 0.2) is 23.0 Å². The number of hydrogen-bond donors (Lipinski definition) is 3. The van der Waals surface area contributed by atoms with Gasteiger partial charge in [-0.15, -0.1) is 0 Å². The fraction of sp³-hybridized carbons (Fsp3) is 0.412. The van der Waals surface area contributed by atoms with E-state index in [9.17, 15) is 4.79 Å². The number of nitrogens with two attached hydrogens (primary N) is 2. The Morgan fingerprint density at radius 2 is 2.00 bits per heavy atom. The zero-order valence-corrected chi connectivity index (χ0v) is 14.9. The van der Waals surface area contributed by atoms with Crippen LogP contribution in [0.5, 0.6) is 11.5 Å². The van der Waals surface area contributed by atoms with E-state index in [1.54, 1.807) is 11.7 Å². The van der Waals surface area contributed by atoms with Crippen molar-refractivity contribution in [2.75, 3.05) is 18.6 Å². The number of nitrogens with one attached hydrogen (secondary N) is 1. The second-order valence-electron chi connectivity index (χ2n) is 6.15. The summed E-state index contributed by atoms with van der Waals surface area (Å²) in [6.45, 7) is 0.372. The van der Waals surface area contributed by atoms with Crippen LogP contribution in [0.25, 0.3) is 0 Å². The van der Waals surface area contributed by atoms with Crippen LogP contribution in [-0.4, -0.2) is 22.8 Å². The summed E-state index contributed by atoms with van der Waals surface area (Å²) in [5.74, 6) is 1.55. The molecule has 0 bridgehead atoms. The van der Waals surface area contributed by atoms with E-state index in [2.05, 4.69) is 4.98 Å². The van der Waals surface area contributed by atoms with Gasteiger partial charge in [0.05, 0.1) is 19.8 Å². The Kier molecular flexibility index (Phi) is 4.98. The molecule has 8 heteroatoms. The molecule has 0 aliphatic heterocycles. The van der Waals surface area contributed by atoms with Crippen molar-refractivity contribution in [3.05, 3.63) is 38.9 Å². The molecule has 0 amide bonds. The van der Waals surface area contributed by atoms with Gasteiger partial charge in [-0.25, -0.2) is 0 Å². The summed E-state index contributed by atoms with van der Waals surface area (Å²) in [4.78, 5) is 14.1. The second-order valence-corrected chi connectivity index (χ2v) is 6.54. The van der Waals surface area contributed by atoms with Crippen LogP contribution in [0.2, 0.25) is 0 Å². The Morgan fingerprint density at radius 3 is 2.68 bits per heavy atom. The number of nitrogens with zero attached hydrogens (tertiary/aromatic N) is 1. The average molecular weight is 362 g/mol. The van der Waals surface area contributed by atoms with E-state index in [4.69, 9.17) is 33.2 Å². The van der Waals surface area contributed by atoms with Crippen molar-refractivity contribution >= 4 is 23.7 Å². The summed E-state index contributed by atoms with van der Waals surface area (Å²) in [6.07, 6.45) is 4.72. The molecular weight excluding hydrogens is 340 g/mol. The molecule has 1 aromatic carbocycles. The molecular formula is C17H22N4O3S. The first-order valence-corrected chi connectivity index (χ1v) is 8.62. The van der Waals surface area contributed by atoms with Gasteiger partial charge in [-0.3, -0.25) is 14.3 Å². The zero-order valence-electron chi connectivity index (χ0n) is 14.1. The van der Waals surface area contributed by atoms with E-state index in [0.717, 1.165) is 18.4 Å². The number of ether oxygens (including phenoxy) is 2. The number of rotatable bonds is 5.